The molecule has 0 fully saturated rings. The molecule has 26 heavy (non-hydrogen) atoms. The van der Waals surface area contributed by atoms with Gasteiger partial charge in [-0.05, 0) is 24.3 Å². The summed E-state index contributed by atoms with van der Waals surface area (Å²) in [5.41, 5.74) is 3.82. The number of nitrogens with zero attached hydrogens (tertiary/aromatic N) is 2. The molecule has 2 aromatic rings. The number of fused-ring (bicyclic) bond motifs is 1. The SMILES string of the molecule is COc1cc(/C=N\NC2=NS(=O)(=O)c3ccccc32)cc(OC)c1OC. The summed E-state index contributed by atoms with van der Waals surface area (Å²) in [5.74, 6) is 1.61. The van der Waals surface area contributed by atoms with Crippen LogP contribution in [-0.4, -0.2) is 41.8 Å². The van der Waals surface area contributed by atoms with Crippen molar-refractivity contribution in [2.45, 2.75) is 4.90 Å². The van der Waals surface area contributed by atoms with Crippen LogP contribution in [0.3, 0.4) is 0 Å². The van der Waals surface area contributed by atoms with Gasteiger partial charge in [-0.3, -0.25) is 5.43 Å². The number of ether oxygens (including phenoxy) is 3. The van der Waals surface area contributed by atoms with E-state index in [2.05, 4.69) is 14.9 Å². The topological polar surface area (TPSA) is 98.6 Å². The van der Waals surface area contributed by atoms with Crippen LogP contribution in [0, 0.1) is 0 Å². The van der Waals surface area contributed by atoms with E-state index in [9.17, 15) is 8.42 Å². The third kappa shape index (κ3) is 3.21. The molecule has 0 aromatic heterocycles. The second-order valence-electron chi connectivity index (χ2n) is 5.24. The number of nitrogens with one attached hydrogen (secondary N) is 1. The maximum Gasteiger partial charge on any atom is 0.285 e. The molecule has 0 saturated heterocycles. The summed E-state index contributed by atoms with van der Waals surface area (Å²) in [5, 5.41) is 4.07. The first-order chi connectivity index (χ1) is 12.5. The van der Waals surface area contributed by atoms with Crippen molar-refractivity contribution in [2.75, 3.05) is 21.3 Å². The fourth-order valence-corrected chi connectivity index (χ4v) is 3.70. The number of amidine groups is 1. The second kappa shape index (κ2) is 7.04. The lowest BCUT2D eigenvalue weighted by molar-refractivity contribution is 0.324. The summed E-state index contributed by atoms with van der Waals surface area (Å²) in [6, 6.07) is 9.99. The van der Waals surface area contributed by atoms with Crippen molar-refractivity contribution >= 4 is 22.1 Å². The van der Waals surface area contributed by atoms with Gasteiger partial charge in [0.1, 0.15) is 4.90 Å². The van der Waals surface area contributed by atoms with E-state index >= 15 is 0 Å². The number of methoxy groups -OCH3 is 3. The summed E-state index contributed by atoms with van der Waals surface area (Å²) in [7, 11) is 0.873. The molecule has 0 bridgehead atoms. The van der Waals surface area contributed by atoms with Crippen LogP contribution in [0.2, 0.25) is 0 Å². The normalized spacial score (nSPS) is 14.7. The standard InChI is InChI=1S/C17H17N3O5S/c1-23-13-8-11(9-14(24-2)16(13)25-3)10-18-19-17-12-6-4-5-7-15(12)26(21,22)20-17/h4-10H,1-3H3,(H,19,20)/b18-10-. The molecule has 0 unspecified atom stereocenters. The van der Waals surface area contributed by atoms with Crippen LogP contribution in [0.25, 0.3) is 0 Å². The summed E-state index contributed by atoms with van der Waals surface area (Å²) in [6.07, 6.45) is 1.50. The molecule has 0 aliphatic carbocycles. The third-order valence-electron chi connectivity index (χ3n) is 3.70. The molecule has 9 heteroatoms. The molecule has 1 aliphatic heterocycles. The quantitative estimate of drug-likeness (QED) is 0.632. The van der Waals surface area contributed by atoms with Crippen molar-refractivity contribution in [3.63, 3.8) is 0 Å². The lowest BCUT2D eigenvalue weighted by Gasteiger charge is -2.12. The lowest BCUT2D eigenvalue weighted by atomic mass is 10.2. The molecule has 1 heterocycles. The van der Waals surface area contributed by atoms with Crippen LogP contribution in [0.4, 0.5) is 0 Å². The Morgan fingerprint density at radius 3 is 2.31 bits per heavy atom. The van der Waals surface area contributed by atoms with E-state index in [-0.39, 0.29) is 10.7 Å². The maximum absolute atomic E-state index is 12.0. The van der Waals surface area contributed by atoms with Gasteiger partial charge in [-0.2, -0.15) is 13.5 Å². The molecular formula is C17H17N3O5S. The van der Waals surface area contributed by atoms with E-state index in [0.29, 0.717) is 28.4 Å². The second-order valence-corrected chi connectivity index (χ2v) is 6.81. The molecule has 0 spiro atoms. The summed E-state index contributed by atoms with van der Waals surface area (Å²) in [6.45, 7) is 0. The molecule has 0 atom stereocenters. The fraction of sp³-hybridized carbons (Fsp3) is 0.176. The number of rotatable bonds is 5. The predicted octanol–water partition coefficient (Wildman–Crippen LogP) is 1.78. The predicted molar refractivity (Wildman–Crippen MR) is 97.0 cm³/mol. The highest BCUT2D eigenvalue weighted by molar-refractivity contribution is 7.90. The minimum absolute atomic E-state index is 0.158. The van der Waals surface area contributed by atoms with Gasteiger partial charge in [0.25, 0.3) is 10.0 Å². The van der Waals surface area contributed by atoms with E-state index in [1.54, 1.807) is 30.3 Å². The summed E-state index contributed by atoms with van der Waals surface area (Å²) in [4.78, 5) is 0.158. The molecule has 136 valence electrons. The highest BCUT2D eigenvalue weighted by Crippen LogP contribution is 2.37. The van der Waals surface area contributed by atoms with Gasteiger partial charge >= 0.3 is 0 Å². The Balaban J connectivity index is 1.86. The molecule has 3 rings (SSSR count). The van der Waals surface area contributed by atoms with E-state index < -0.39 is 10.0 Å². The Morgan fingerprint density at radius 1 is 1.04 bits per heavy atom. The highest BCUT2D eigenvalue weighted by Gasteiger charge is 2.28. The molecule has 0 saturated carbocycles. The summed E-state index contributed by atoms with van der Waals surface area (Å²) >= 11 is 0. The Labute approximate surface area is 151 Å². The molecular weight excluding hydrogens is 358 g/mol. The molecule has 1 aliphatic rings. The van der Waals surface area contributed by atoms with Crippen LogP contribution in [0.5, 0.6) is 17.2 Å². The number of sulfonamides is 1. The van der Waals surface area contributed by atoms with Crippen molar-refractivity contribution in [3.05, 3.63) is 47.5 Å². The van der Waals surface area contributed by atoms with Gasteiger partial charge in [-0.1, -0.05) is 12.1 Å². The first-order valence-corrected chi connectivity index (χ1v) is 8.97. The van der Waals surface area contributed by atoms with Gasteiger partial charge in [-0.25, -0.2) is 0 Å². The zero-order chi connectivity index (χ0) is 18.7. The molecule has 8 nitrogen and oxygen atoms in total. The minimum Gasteiger partial charge on any atom is -0.493 e. The van der Waals surface area contributed by atoms with Crippen molar-refractivity contribution in [1.82, 2.24) is 5.43 Å². The fourth-order valence-electron chi connectivity index (χ4n) is 2.53. The van der Waals surface area contributed by atoms with Crippen LogP contribution in [-0.2, 0) is 10.0 Å². The Bertz CT molecular complexity index is 974. The minimum atomic E-state index is -3.69. The number of hydrogen-bond acceptors (Lipinski definition) is 7. The van der Waals surface area contributed by atoms with Crippen LogP contribution in [0.15, 0.2) is 50.8 Å². The monoisotopic (exact) mass is 375 g/mol. The van der Waals surface area contributed by atoms with Crippen LogP contribution >= 0.6 is 0 Å². The van der Waals surface area contributed by atoms with Gasteiger partial charge in [0.05, 0.1) is 27.5 Å². The first-order valence-electron chi connectivity index (χ1n) is 7.53. The smallest absolute Gasteiger partial charge is 0.285 e. The van der Waals surface area contributed by atoms with Gasteiger partial charge in [0.15, 0.2) is 17.3 Å². The van der Waals surface area contributed by atoms with Crippen LogP contribution < -0.4 is 19.6 Å². The zero-order valence-electron chi connectivity index (χ0n) is 14.4. The largest absolute Gasteiger partial charge is 0.493 e. The van der Waals surface area contributed by atoms with Crippen molar-refractivity contribution in [3.8, 4) is 17.2 Å². The first kappa shape index (κ1) is 17.7. The summed E-state index contributed by atoms with van der Waals surface area (Å²) < 4.78 is 43.6. The molecule has 1 N–H and O–H groups in total. The van der Waals surface area contributed by atoms with E-state index in [1.165, 1.54) is 33.6 Å². The lowest BCUT2D eigenvalue weighted by Crippen LogP contribution is -2.17. The van der Waals surface area contributed by atoms with Gasteiger partial charge in [0.2, 0.25) is 5.75 Å². The average molecular weight is 375 g/mol. The Hall–Kier alpha value is -3.07. The zero-order valence-corrected chi connectivity index (χ0v) is 15.2. The van der Waals surface area contributed by atoms with Crippen molar-refractivity contribution in [1.29, 1.82) is 0 Å². The molecule has 0 radical (unpaired) electrons. The van der Waals surface area contributed by atoms with E-state index in [0.717, 1.165) is 0 Å². The molecule has 0 amide bonds. The van der Waals surface area contributed by atoms with Gasteiger partial charge in [-0.15, -0.1) is 4.40 Å². The van der Waals surface area contributed by atoms with Crippen LogP contribution in [0.1, 0.15) is 11.1 Å². The number of hydrazone groups is 1. The molecule has 2 aromatic carbocycles. The Morgan fingerprint density at radius 2 is 1.69 bits per heavy atom. The number of hydrogen-bond donors (Lipinski definition) is 1. The van der Waals surface area contributed by atoms with Crippen molar-refractivity contribution < 1.29 is 22.6 Å². The third-order valence-corrected chi connectivity index (χ3v) is 5.04. The van der Waals surface area contributed by atoms with Gasteiger partial charge in [0, 0.05) is 11.1 Å². The highest BCUT2D eigenvalue weighted by atomic mass is 32.2. The number of benzene rings is 2. The van der Waals surface area contributed by atoms with Gasteiger partial charge < -0.3 is 14.2 Å². The average Bonchev–Trinajstić information content (AvgIpc) is 2.91. The van der Waals surface area contributed by atoms with E-state index in [1.807, 2.05) is 0 Å². The van der Waals surface area contributed by atoms with Crippen molar-refractivity contribution in [2.24, 2.45) is 9.50 Å². The Kier molecular flexibility index (Phi) is 4.81. The maximum atomic E-state index is 12.0. The van der Waals surface area contributed by atoms with E-state index in [4.69, 9.17) is 14.2 Å².